The summed E-state index contributed by atoms with van der Waals surface area (Å²) in [6, 6.07) is 12.0. The second-order valence-electron chi connectivity index (χ2n) is 1.84. The van der Waals surface area contributed by atoms with Gasteiger partial charge in [0.25, 0.3) is 10.1 Å². The van der Waals surface area contributed by atoms with Gasteiger partial charge in [0.1, 0.15) is 0 Å². The molecule has 3 nitrogen and oxygen atoms in total. The summed E-state index contributed by atoms with van der Waals surface area (Å²) in [4.78, 5) is 0. The van der Waals surface area contributed by atoms with Crippen molar-refractivity contribution < 1.29 is 31.8 Å². The maximum absolute atomic E-state index is 9.44. The molecule has 0 saturated heterocycles. The summed E-state index contributed by atoms with van der Waals surface area (Å²) in [5.74, 6) is 0. The van der Waals surface area contributed by atoms with E-state index in [2.05, 4.69) is 6.58 Å². The lowest BCUT2D eigenvalue weighted by Crippen LogP contribution is -1.86. The van der Waals surface area contributed by atoms with Crippen molar-refractivity contribution >= 4 is 10.1 Å². The molecule has 0 radical (unpaired) electrons. The Kier molecular flexibility index (Phi) is 29.4. The summed E-state index contributed by atoms with van der Waals surface area (Å²) in [6.07, 6.45) is 0. The zero-order valence-electron chi connectivity index (χ0n) is 8.05. The Bertz CT molecular complexity index is 277. The molecule has 0 amide bonds. The molecule has 0 aliphatic carbocycles. The summed E-state index contributed by atoms with van der Waals surface area (Å²) in [5.41, 5.74) is 0. The summed E-state index contributed by atoms with van der Waals surface area (Å²) in [5, 5.41) is 0.465. The predicted octanol–water partition coefficient (Wildman–Crippen LogP) is 2.31. The van der Waals surface area contributed by atoms with E-state index < -0.39 is 10.1 Å². The van der Waals surface area contributed by atoms with Crippen molar-refractivity contribution in [2.45, 2.75) is 0 Å². The van der Waals surface area contributed by atoms with Gasteiger partial charge in [0.2, 0.25) is 0 Å². The second kappa shape index (κ2) is 16.0. The van der Waals surface area contributed by atoms with Crippen LogP contribution in [-0.4, -0.2) is 13.0 Å². The van der Waals surface area contributed by atoms with Crippen molar-refractivity contribution in [2.24, 2.45) is 0 Å². The quantitative estimate of drug-likeness (QED) is 0.627. The third-order valence-corrected chi connectivity index (χ3v) is 1.30. The van der Waals surface area contributed by atoms with E-state index in [1.807, 2.05) is 36.4 Å². The average Bonchev–Trinajstić information content (AvgIpc) is 2.07. The Labute approximate surface area is 91.0 Å². The average molecular weight is 266 g/mol. The van der Waals surface area contributed by atoms with Gasteiger partial charge in [-0.25, -0.2) is 0 Å². The molecule has 16 heavy (non-hydrogen) atoms. The lowest BCUT2D eigenvalue weighted by molar-refractivity contribution is 0.494. The molecule has 1 aromatic rings. The van der Waals surface area contributed by atoms with Crippen molar-refractivity contribution in [1.29, 1.82) is 0 Å². The molecule has 0 aliphatic rings. The van der Waals surface area contributed by atoms with Crippen molar-refractivity contribution in [3.63, 3.8) is 0 Å². The molecule has 0 spiro atoms. The van der Waals surface area contributed by atoms with E-state index in [1.165, 1.54) is 0 Å². The topological polar surface area (TPSA) is 54.4 Å². The summed E-state index contributed by atoms with van der Waals surface area (Å²) in [7, 11) is -3.90. The summed E-state index contributed by atoms with van der Waals surface area (Å²) in [6.45, 7) is 2.79. The first-order valence-electron chi connectivity index (χ1n) is 3.16. The SMILES string of the molecule is C=CS(=O)(=O)O.F.F.F.F.c1ccccc1. The predicted molar refractivity (Wildman–Crippen MR) is 58.2 cm³/mol. The fourth-order valence-electron chi connectivity index (χ4n) is 0.385. The highest BCUT2D eigenvalue weighted by Crippen LogP contribution is 1.79. The van der Waals surface area contributed by atoms with Gasteiger partial charge in [0, 0.05) is 0 Å². The lowest BCUT2D eigenvalue weighted by Gasteiger charge is -1.73. The van der Waals surface area contributed by atoms with Crippen LogP contribution < -0.4 is 0 Å². The lowest BCUT2D eigenvalue weighted by atomic mass is 10.4. The Morgan fingerprint density at radius 3 is 1.00 bits per heavy atom. The molecule has 0 atom stereocenters. The fourth-order valence-corrected chi connectivity index (χ4v) is 0.385. The number of halogens is 4. The van der Waals surface area contributed by atoms with E-state index in [0.29, 0.717) is 5.41 Å². The molecular weight excluding hydrogens is 252 g/mol. The highest BCUT2D eigenvalue weighted by atomic mass is 32.2. The molecule has 0 bridgehead atoms. The molecule has 8 heteroatoms. The first-order valence-corrected chi connectivity index (χ1v) is 4.66. The first kappa shape index (κ1) is 29.3. The van der Waals surface area contributed by atoms with Crippen molar-refractivity contribution in [1.82, 2.24) is 0 Å². The van der Waals surface area contributed by atoms with Crippen molar-refractivity contribution in [2.75, 3.05) is 0 Å². The Morgan fingerprint density at radius 2 is 0.938 bits per heavy atom. The van der Waals surface area contributed by atoms with Gasteiger partial charge in [-0.05, 0) is 0 Å². The van der Waals surface area contributed by atoms with Crippen LogP contribution in [0.4, 0.5) is 18.8 Å². The zero-order chi connectivity index (χ0) is 9.45. The minimum atomic E-state index is -3.90. The van der Waals surface area contributed by atoms with Crippen LogP contribution >= 0.6 is 0 Å². The summed E-state index contributed by atoms with van der Waals surface area (Å²) < 4.78 is 26.6. The van der Waals surface area contributed by atoms with Gasteiger partial charge in [-0.15, -0.1) is 0 Å². The van der Waals surface area contributed by atoms with E-state index in [9.17, 15) is 8.42 Å². The van der Waals surface area contributed by atoms with Crippen molar-refractivity contribution in [3.05, 3.63) is 48.4 Å². The normalized spacial score (nSPS) is 7.06. The van der Waals surface area contributed by atoms with Gasteiger partial charge in [-0.1, -0.05) is 43.0 Å². The third kappa shape index (κ3) is 29.4. The number of hydrogen-bond acceptors (Lipinski definition) is 2. The van der Waals surface area contributed by atoms with Crippen LogP contribution in [0.5, 0.6) is 0 Å². The molecule has 0 fully saturated rings. The minimum Gasteiger partial charge on any atom is -0.282 e. The Morgan fingerprint density at radius 1 is 0.812 bits per heavy atom. The van der Waals surface area contributed by atoms with Gasteiger partial charge >= 0.3 is 0 Å². The molecule has 0 aromatic heterocycles. The molecule has 0 heterocycles. The van der Waals surface area contributed by atoms with E-state index in [-0.39, 0.29) is 18.8 Å². The largest absolute Gasteiger partial charge is 0.287 e. The molecule has 98 valence electrons. The van der Waals surface area contributed by atoms with E-state index in [1.54, 1.807) is 0 Å². The second-order valence-corrected chi connectivity index (χ2v) is 3.20. The summed E-state index contributed by atoms with van der Waals surface area (Å²) >= 11 is 0. The van der Waals surface area contributed by atoms with Gasteiger partial charge in [0.15, 0.2) is 0 Å². The van der Waals surface area contributed by atoms with E-state index in [4.69, 9.17) is 4.55 Å². The van der Waals surface area contributed by atoms with Gasteiger partial charge in [-0.3, -0.25) is 23.4 Å². The molecule has 0 saturated carbocycles. The smallest absolute Gasteiger partial charge is 0.282 e. The number of hydrogen-bond donors (Lipinski definition) is 1. The Hall–Kier alpha value is -1.41. The van der Waals surface area contributed by atoms with Gasteiger partial charge in [-0.2, -0.15) is 8.42 Å². The highest BCUT2D eigenvalue weighted by molar-refractivity contribution is 7.88. The molecule has 1 rings (SSSR count). The number of rotatable bonds is 1. The third-order valence-electron chi connectivity index (χ3n) is 0.877. The molecule has 0 unspecified atom stereocenters. The fraction of sp³-hybridized carbons (Fsp3) is 0. The van der Waals surface area contributed by atoms with E-state index >= 15 is 0 Å². The minimum absolute atomic E-state index is 0. The van der Waals surface area contributed by atoms with Crippen LogP contribution in [0, 0.1) is 0 Å². The van der Waals surface area contributed by atoms with Crippen molar-refractivity contribution in [3.8, 4) is 0 Å². The molecule has 0 aliphatic heterocycles. The molecule has 1 aromatic carbocycles. The van der Waals surface area contributed by atoms with Gasteiger partial charge in [0.05, 0.1) is 5.41 Å². The molecular formula is C8H14F4O3S. The first-order chi connectivity index (χ1) is 5.56. The number of benzene rings is 1. The maximum atomic E-state index is 9.44. The zero-order valence-corrected chi connectivity index (χ0v) is 8.87. The van der Waals surface area contributed by atoms with Crippen LogP contribution in [0.1, 0.15) is 0 Å². The standard InChI is InChI=1S/C6H6.C2H4O3S.4FH/c1-2-4-6-5-3-1;1-2-6(3,4)5;;;;/h1-6H;2H,1H2,(H,3,4,5);4*1H. The van der Waals surface area contributed by atoms with Crippen LogP contribution in [0.3, 0.4) is 0 Å². The van der Waals surface area contributed by atoms with Crippen LogP contribution in [-0.2, 0) is 10.1 Å². The van der Waals surface area contributed by atoms with Gasteiger partial charge < -0.3 is 0 Å². The molecule has 1 N–H and O–H groups in total. The Balaban J connectivity index is -0.0000000403. The van der Waals surface area contributed by atoms with Crippen LogP contribution in [0.25, 0.3) is 0 Å². The van der Waals surface area contributed by atoms with E-state index in [0.717, 1.165) is 0 Å². The highest BCUT2D eigenvalue weighted by Gasteiger charge is 1.87. The maximum Gasteiger partial charge on any atom is 0.287 e. The monoisotopic (exact) mass is 266 g/mol. The van der Waals surface area contributed by atoms with Crippen LogP contribution in [0.2, 0.25) is 0 Å². The van der Waals surface area contributed by atoms with Crippen LogP contribution in [0.15, 0.2) is 48.4 Å².